The molecule has 0 amide bonds. The summed E-state index contributed by atoms with van der Waals surface area (Å²) in [6.07, 6.45) is 1.80. The van der Waals surface area contributed by atoms with E-state index in [4.69, 9.17) is 10.6 Å². The summed E-state index contributed by atoms with van der Waals surface area (Å²) in [5.74, 6) is 6.64. The van der Waals surface area contributed by atoms with E-state index in [0.29, 0.717) is 6.61 Å². The van der Waals surface area contributed by atoms with Crippen LogP contribution in [-0.4, -0.2) is 16.4 Å². The fraction of sp³-hybridized carbons (Fsp3) is 0.400. The lowest BCUT2D eigenvalue weighted by Gasteiger charge is -2.21. The second kappa shape index (κ2) is 7.06. The molecule has 21 heavy (non-hydrogen) atoms. The molecule has 3 N–H and O–H groups in total. The predicted octanol–water partition coefficient (Wildman–Crippen LogP) is 3.18. The minimum absolute atomic E-state index is 0.139. The molecular formula is C15H21BrN4O. The maximum atomic E-state index is 5.79. The molecule has 114 valence electrons. The predicted molar refractivity (Wildman–Crippen MR) is 87.1 cm³/mol. The zero-order valence-electron chi connectivity index (χ0n) is 12.5. The van der Waals surface area contributed by atoms with Crippen molar-refractivity contribution in [1.29, 1.82) is 0 Å². The fourth-order valence-electron chi connectivity index (χ4n) is 2.29. The van der Waals surface area contributed by atoms with E-state index in [0.717, 1.165) is 21.5 Å². The maximum absolute atomic E-state index is 5.79. The topological polar surface area (TPSA) is 65.1 Å². The van der Waals surface area contributed by atoms with E-state index in [1.54, 1.807) is 6.20 Å². The first-order chi connectivity index (χ1) is 10.1. The molecule has 0 radical (unpaired) electrons. The van der Waals surface area contributed by atoms with E-state index in [2.05, 4.69) is 40.3 Å². The van der Waals surface area contributed by atoms with E-state index in [-0.39, 0.29) is 12.1 Å². The number of nitrogens with one attached hydrogen (secondary N) is 1. The molecule has 0 aliphatic carbocycles. The Bertz CT molecular complexity index is 580. The monoisotopic (exact) mass is 352 g/mol. The van der Waals surface area contributed by atoms with Crippen molar-refractivity contribution < 1.29 is 4.74 Å². The molecule has 1 aromatic heterocycles. The number of nitrogens with zero attached hydrogens (tertiary/aromatic N) is 2. The van der Waals surface area contributed by atoms with Gasteiger partial charge in [-0.05, 0) is 54.4 Å². The van der Waals surface area contributed by atoms with Gasteiger partial charge >= 0.3 is 0 Å². The van der Waals surface area contributed by atoms with Crippen molar-refractivity contribution in [2.75, 3.05) is 6.61 Å². The van der Waals surface area contributed by atoms with Crippen molar-refractivity contribution in [3.05, 3.63) is 46.2 Å². The van der Waals surface area contributed by atoms with Crippen LogP contribution < -0.4 is 16.0 Å². The second-order valence-electron chi connectivity index (χ2n) is 5.02. The summed E-state index contributed by atoms with van der Waals surface area (Å²) in [6.45, 7) is 6.81. The normalized spacial score (nSPS) is 12.7. The summed E-state index contributed by atoms with van der Waals surface area (Å²) in [5.41, 5.74) is 4.95. The summed E-state index contributed by atoms with van der Waals surface area (Å²) < 4.78 is 8.37. The zero-order chi connectivity index (χ0) is 15.4. The average molecular weight is 353 g/mol. The fourth-order valence-corrected chi connectivity index (χ4v) is 2.79. The molecule has 1 heterocycles. The van der Waals surface area contributed by atoms with Gasteiger partial charge in [0.05, 0.1) is 29.0 Å². The molecule has 0 bridgehead atoms. The van der Waals surface area contributed by atoms with Gasteiger partial charge in [-0.25, -0.2) is 5.43 Å². The minimum atomic E-state index is -0.139. The van der Waals surface area contributed by atoms with E-state index in [9.17, 15) is 0 Å². The molecule has 0 saturated carbocycles. The summed E-state index contributed by atoms with van der Waals surface area (Å²) in [5, 5.41) is 4.41. The highest BCUT2D eigenvalue weighted by atomic mass is 79.9. The van der Waals surface area contributed by atoms with Crippen LogP contribution in [0.5, 0.6) is 5.75 Å². The van der Waals surface area contributed by atoms with Crippen LogP contribution in [0, 0.1) is 0 Å². The van der Waals surface area contributed by atoms with Gasteiger partial charge in [0.25, 0.3) is 0 Å². The summed E-state index contributed by atoms with van der Waals surface area (Å²) in [7, 11) is 0. The Kier molecular flexibility index (Phi) is 5.39. The van der Waals surface area contributed by atoms with Crippen LogP contribution in [0.15, 0.2) is 34.9 Å². The van der Waals surface area contributed by atoms with Gasteiger partial charge in [-0.1, -0.05) is 12.1 Å². The van der Waals surface area contributed by atoms with Crippen LogP contribution in [0.4, 0.5) is 0 Å². The number of ether oxygens (including phenoxy) is 1. The number of hydrogen-bond donors (Lipinski definition) is 2. The van der Waals surface area contributed by atoms with E-state index in [1.807, 2.05) is 35.9 Å². The average Bonchev–Trinajstić information content (AvgIpc) is 2.84. The Balaban J connectivity index is 2.37. The Morgan fingerprint density at radius 1 is 1.33 bits per heavy atom. The lowest BCUT2D eigenvalue weighted by Crippen LogP contribution is -2.31. The first-order valence-electron chi connectivity index (χ1n) is 7.00. The maximum Gasteiger partial charge on any atom is 0.119 e. The van der Waals surface area contributed by atoms with Crippen molar-refractivity contribution in [1.82, 2.24) is 15.2 Å². The smallest absolute Gasteiger partial charge is 0.119 e. The highest BCUT2D eigenvalue weighted by molar-refractivity contribution is 9.10. The largest absolute Gasteiger partial charge is 0.494 e. The van der Waals surface area contributed by atoms with Crippen LogP contribution in [0.25, 0.3) is 0 Å². The molecule has 5 nitrogen and oxygen atoms in total. The van der Waals surface area contributed by atoms with Crippen molar-refractivity contribution in [2.45, 2.75) is 32.9 Å². The first-order valence-corrected chi connectivity index (χ1v) is 7.79. The van der Waals surface area contributed by atoms with Gasteiger partial charge in [0.15, 0.2) is 0 Å². The molecule has 0 aliphatic rings. The quantitative estimate of drug-likeness (QED) is 0.618. The van der Waals surface area contributed by atoms with Gasteiger partial charge in [0, 0.05) is 6.04 Å². The second-order valence-corrected chi connectivity index (χ2v) is 5.87. The van der Waals surface area contributed by atoms with E-state index < -0.39 is 0 Å². The van der Waals surface area contributed by atoms with E-state index >= 15 is 0 Å². The number of nitrogens with two attached hydrogens (primary N) is 1. The SMILES string of the molecule is CCOc1ccc(C(NN)c2c(Br)cnn2C(C)C)cc1. The highest BCUT2D eigenvalue weighted by Crippen LogP contribution is 2.30. The standard InChI is InChI=1S/C15H21BrN4O/c1-4-21-12-7-5-11(6-8-12)14(19-17)15-13(16)9-18-20(15)10(2)3/h5-10,14,19H,4,17H2,1-3H3. The molecular weight excluding hydrogens is 332 g/mol. The van der Waals surface area contributed by atoms with Gasteiger partial charge in [-0.2, -0.15) is 5.10 Å². The lowest BCUT2D eigenvalue weighted by atomic mass is 10.0. The molecule has 0 spiro atoms. The van der Waals surface area contributed by atoms with Crippen molar-refractivity contribution in [2.24, 2.45) is 5.84 Å². The molecule has 1 atom stereocenters. The van der Waals surface area contributed by atoms with Gasteiger partial charge in [0.2, 0.25) is 0 Å². The third-order valence-corrected chi connectivity index (χ3v) is 3.85. The third-order valence-electron chi connectivity index (χ3n) is 3.24. The van der Waals surface area contributed by atoms with Gasteiger partial charge < -0.3 is 4.74 Å². The molecule has 0 saturated heterocycles. The van der Waals surface area contributed by atoms with Crippen LogP contribution in [0.2, 0.25) is 0 Å². The number of halogens is 1. The Hall–Kier alpha value is -1.37. The molecule has 6 heteroatoms. The van der Waals surface area contributed by atoms with Crippen LogP contribution in [0.1, 0.15) is 44.1 Å². The highest BCUT2D eigenvalue weighted by Gasteiger charge is 2.22. The summed E-state index contributed by atoms with van der Waals surface area (Å²) in [4.78, 5) is 0. The number of aromatic nitrogens is 2. The van der Waals surface area contributed by atoms with E-state index in [1.165, 1.54) is 0 Å². The molecule has 1 aromatic carbocycles. The van der Waals surface area contributed by atoms with Crippen molar-refractivity contribution >= 4 is 15.9 Å². The summed E-state index contributed by atoms with van der Waals surface area (Å²) >= 11 is 3.56. The van der Waals surface area contributed by atoms with Crippen LogP contribution in [-0.2, 0) is 0 Å². The number of hydrogen-bond acceptors (Lipinski definition) is 4. The number of rotatable bonds is 6. The zero-order valence-corrected chi connectivity index (χ0v) is 14.1. The Labute approximate surface area is 133 Å². The molecule has 1 unspecified atom stereocenters. The van der Waals surface area contributed by atoms with Gasteiger partial charge in [-0.3, -0.25) is 10.5 Å². The Morgan fingerprint density at radius 3 is 2.52 bits per heavy atom. The lowest BCUT2D eigenvalue weighted by molar-refractivity contribution is 0.340. The number of hydrazine groups is 1. The van der Waals surface area contributed by atoms with Crippen molar-refractivity contribution in [3.63, 3.8) is 0 Å². The first kappa shape index (κ1) is 16.0. The van der Waals surface area contributed by atoms with Gasteiger partial charge in [0.1, 0.15) is 5.75 Å². The third kappa shape index (κ3) is 3.45. The minimum Gasteiger partial charge on any atom is -0.494 e. The molecule has 0 fully saturated rings. The molecule has 0 aliphatic heterocycles. The molecule has 2 rings (SSSR count). The molecule has 2 aromatic rings. The van der Waals surface area contributed by atoms with Crippen molar-refractivity contribution in [3.8, 4) is 5.75 Å². The van der Waals surface area contributed by atoms with Gasteiger partial charge in [-0.15, -0.1) is 0 Å². The van der Waals surface area contributed by atoms with Crippen LogP contribution >= 0.6 is 15.9 Å². The Morgan fingerprint density at radius 2 is 2.00 bits per heavy atom. The van der Waals surface area contributed by atoms with Crippen LogP contribution in [0.3, 0.4) is 0 Å². The number of benzene rings is 1. The summed E-state index contributed by atoms with van der Waals surface area (Å²) in [6, 6.07) is 8.05.